The molecule has 0 bridgehead atoms. The van der Waals surface area contributed by atoms with Crippen LogP contribution in [0.2, 0.25) is 0 Å². The summed E-state index contributed by atoms with van der Waals surface area (Å²) >= 11 is 1.89. The number of benzene rings is 1. The van der Waals surface area contributed by atoms with Crippen LogP contribution in [0.4, 0.5) is 13.2 Å². The predicted molar refractivity (Wildman–Crippen MR) is 75.1 cm³/mol. The van der Waals surface area contributed by atoms with Crippen LogP contribution in [0, 0.1) is 5.92 Å². The zero-order valence-electron chi connectivity index (χ0n) is 11.0. The lowest BCUT2D eigenvalue weighted by Gasteiger charge is -2.32. The fraction of sp³-hybridized carbons (Fsp3) is 0.467. The molecule has 0 saturated heterocycles. The van der Waals surface area contributed by atoms with E-state index >= 15 is 0 Å². The molecular weight excluding hydrogens is 269 g/mol. The van der Waals surface area contributed by atoms with Gasteiger partial charge in [0.25, 0.3) is 0 Å². The molecule has 1 saturated carbocycles. The van der Waals surface area contributed by atoms with Crippen molar-refractivity contribution < 1.29 is 13.2 Å². The Labute approximate surface area is 116 Å². The molecule has 0 aromatic heterocycles. The fourth-order valence-electron chi connectivity index (χ4n) is 2.31. The smallest absolute Gasteiger partial charge is 0.166 e. The van der Waals surface area contributed by atoms with Gasteiger partial charge in [0, 0.05) is 5.25 Å². The van der Waals surface area contributed by atoms with Gasteiger partial charge in [0.05, 0.1) is 5.56 Å². The van der Waals surface area contributed by atoms with Gasteiger partial charge in [-0.25, -0.2) is 0 Å². The van der Waals surface area contributed by atoms with Gasteiger partial charge >= 0.3 is 6.18 Å². The molecule has 1 aromatic carbocycles. The first-order chi connectivity index (χ1) is 8.90. The molecule has 0 amide bonds. The molecule has 0 atom stereocenters. The highest BCUT2D eigenvalue weighted by atomic mass is 32.2. The van der Waals surface area contributed by atoms with Gasteiger partial charge in [0.2, 0.25) is 0 Å². The van der Waals surface area contributed by atoms with Crippen molar-refractivity contribution in [2.24, 2.45) is 5.92 Å². The van der Waals surface area contributed by atoms with Crippen molar-refractivity contribution in [2.75, 3.05) is 6.26 Å². The summed E-state index contributed by atoms with van der Waals surface area (Å²) in [5, 5.41) is 0.752. The Bertz CT molecular complexity index is 453. The lowest BCUT2D eigenvalue weighted by atomic mass is 9.83. The maximum Gasteiger partial charge on any atom is 0.416 e. The van der Waals surface area contributed by atoms with E-state index < -0.39 is 11.7 Å². The van der Waals surface area contributed by atoms with Gasteiger partial charge in [-0.3, -0.25) is 0 Å². The van der Waals surface area contributed by atoms with Crippen molar-refractivity contribution in [1.29, 1.82) is 0 Å². The Hall–Kier alpha value is -0.900. The number of hydrogen-bond acceptors (Lipinski definition) is 1. The molecule has 0 radical (unpaired) electrons. The van der Waals surface area contributed by atoms with E-state index in [4.69, 9.17) is 0 Å². The molecule has 0 unspecified atom stereocenters. The van der Waals surface area contributed by atoms with E-state index in [1.54, 1.807) is 12.1 Å². The second-order valence-electron chi connectivity index (χ2n) is 5.01. The Morgan fingerprint density at radius 2 is 1.79 bits per heavy atom. The molecule has 0 aliphatic heterocycles. The number of alkyl halides is 3. The van der Waals surface area contributed by atoms with Gasteiger partial charge in [0.15, 0.2) is 0 Å². The van der Waals surface area contributed by atoms with Gasteiger partial charge in [-0.2, -0.15) is 24.9 Å². The Morgan fingerprint density at radius 3 is 2.26 bits per heavy atom. The third-order valence-electron chi connectivity index (χ3n) is 3.62. The minimum atomic E-state index is -4.25. The monoisotopic (exact) mass is 286 g/mol. The lowest BCUT2D eigenvalue weighted by Crippen LogP contribution is -2.24. The Kier molecular flexibility index (Phi) is 4.29. The molecule has 104 valence electrons. The zero-order chi connectivity index (χ0) is 14.0. The van der Waals surface area contributed by atoms with Crippen molar-refractivity contribution in [1.82, 2.24) is 0 Å². The third kappa shape index (κ3) is 3.56. The SMILES string of the molecule is CSC1CC(/C=C(\C)c2ccc(C(F)(F)F)cc2)C1. The van der Waals surface area contributed by atoms with E-state index in [9.17, 15) is 13.2 Å². The van der Waals surface area contributed by atoms with Crippen LogP contribution in [0.5, 0.6) is 0 Å². The molecule has 0 spiro atoms. The molecule has 1 fully saturated rings. The van der Waals surface area contributed by atoms with Crippen molar-refractivity contribution >= 4 is 17.3 Å². The van der Waals surface area contributed by atoms with Crippen LogP contribution < -0.4 is 0 Å². The number of allylic oxidation sites excluding steroid dienone is 2. The van der Waals surface area contributed by atoms with Gasteiger partial charge in [-0.05, 0) is 55.2 Å². The number of hydrogen-bond donors (Lipinski definition) is 0. The Balaban J connectivity index is 2.04. The van der Waals surface area contributed by atoms with Crippen LogP contribution in [-0.2, 0) is 6.18 Å². The minimum Gasteiger partial charge on any atom is -0.166 e. The molecule has 1 aliphatic carbocycles. The summed E-state index contributed by atoms with van der Waals surface area (Å²) in [6, 6.07) is 5.41. The molecule has 0 nitrogen and oxygen atoms in total. The largest absolute Gasteiger partial charge is 0.416 e. The standard InChI is InChI=1S/C15H17F3S/c1-10(7-11-8-14(9-11)19-2)12-3-5-13(6-4-12)15(16,17)18/h3-7,11,14H,8-9H2,1-2H3/b10-7+. The summed E-state index contributed by atoms with van der Waals surface area (Å²) < 4.78 is 37.4. The van der Waals surface area contributed by atoms with Gasteiger partial charge in [0.1, 0.15) is 0 Å². The normalized spacial score (nSPS) is 24.2. The van der Waals surface area contributed by atoms with E-state index in [1.807, 2.05) is 18.7 Å². The van der Waals surface area contributed by atoms with Crippen LogP contribution in [-0.4, -0.2) is 11.5 Å². The summed E-state index contributed by atoms with van der Waals surface area (Å²) in [5.74, 6) is 0.583. The lowest BCUT2D eigenvalue weighted by molar-refractivity contribution is -0.137. The molecule has 4 heteroatoms. The van der Waals surface area contributed by atoms with Gasteiger partial charge in [-0.1, -0.05) is 18.2 Å². The molecule has 2 rings (SSSR count). The minimum absolute atomic E-state index is 0.583. The molecular formula is C15H17F3S. The number of thioether (sulfide) groups is 1. The Morgan fingerprint density at radius 1 is 1.21 bits per heavy atom. The van der Waals surface area contributed by atoms with Crippen molar-refractivity contribution in [3.8, 4) is 0 Å². The molecule has 0 N–H and O–H groups in total. The summed E-state index contributed by atoms with van der Waals surface area (Å²) in [6.07, 6.45) is 2.41. The summed E-state index contributed by atoms with van der Waals surface area (Å²) in [7, 11) is 0. The number of rotatable bonds is 3. The summed E-state index contributed by atoms with van der Waals surface area (Å²) in [6.45, 7) is 1.97. The van der Waals surface area contributed by atoms with E-state index in [0.717, 1.165) is 28.5 Å². The number of halogens is 3. The molecule has 1 aliphatic rings. The summed E-state index contributed by atoms with van der Waals surface area (Å²) in [4.78, 5) is 0. The second-order valence-corrected chi connectivity index (χ2v) is 6.15. The van der Waals surface area contributed by atoms with Crippen molar-refractivity contribution in [3.63, 3.8) is 0 Å². The van der Waals surface area contributed by atoms with Crippen molar-refractivity contribution in [2.45, 2.75) is 31.2 Å². The van der Waals surface area contributed by atoms with E-state index in [0.29, 0.717) is 5.92 Å². The molecule has 1 aromatic rings. The van der Waals surface area contributed by atoms with Crippen LogP contribution in [0.15, 0.2) is 30.3 Å². The van der Waals surface area contributed by atoms with Gasteiger partial charge in [-0.15, -0.1) is 0 Å². The molecule has 19 heavy (non-hydrogen) atoms. The average molecular weight is 286 g/mol. The highest BCUT2D eigenvalue weighted by molar-refractivity contribution is 7.99. The first-order valence-corrected chi connectivity index (χ1v) is 7.58. The maximum atomic E-state index is 12.5. The average Bonchev–Trinajstić information content (AvgIpc) is 2.32. The third-order valence-corrected chi connectivity index (χ3v) is 4.67. The topological polar surface area (TPSA) is 0 Å². The zero-order valence-corrected chi connectivity index (χ0v) is 11.8. The fourth-order valence-corrected chi connectivity index (χ4v) is 3.19. The predicted octanol–water partition coefficient (Wildman–Crippen LogP) is 5.25. The van der Waals surface area contributed by atoms with Crippen LogP contribution in [0.1, 0.15) is 30.9 Å². The highest BCUT2D eigenvalue weighted by Gasteiger charge is 2.30. The summed E-state index contributed by atoms with van der Waals surface area (Å²) in [5.41, 5.74) is 1.36. The van der Waals surface area contributed by atoms with Crippen molar-refractivity contribution in [3.05, 3.63) is 41.5 Å². The van der Waals surface area contributed by atoms with E-state index in [1.165, 1.54) is 12.8 Å². The maximum absolute atomic E-state index is 12.5. The van der Waals surface area contributed by atoms with E-state index in [-0.39, 0.29) is 0 Å². The van der Waals surface area contributed by atoms with Crippen LogP contribution in [0.3, 0.4) is 0 Å². The quantitative estimate of drug-likeness (QED) is 0.731. The first kappa shape index (κ1) is 14.5. The highest BCUT2D eigenvalue weighted by Crippen LogP contribution is 2.38. The first-order valence-electron chi connectivity index (χ1n) is 6.29. The van der Waals surface area contributed by atoms with Gasteiger partial charge < -0.3 is 0 Å². The second kappa shape index (κ2) is 5.61. The van der Waals surface area contributed by atoms with Crippen LogP contribution >= 0.6 is 11.8 Å². The molecule has 0 heterocycles. The van der Waals surface area contributed by atoms with Crippen LogP contribution in [0.25, 0.3) is 5.57 Å². The van der Waals surface area contributed by atoms with E-state index in [2.05, 4.69) is 12.3 Å².